The lowest BCUT2D eigenvalue weighted by molar-refractivity contribution is -0.346. The number of nitrogens with one attached hydrogen (secondary N) is 1. The molecule has 3 fully saturated rings. The van der Waals surface area contributed by atoms with Crippen molar-refractivity contribution in [1.82, 2.24) is 5.32 Å². The van der Waals surface area contributed by atoms with E-state index in [1.165, 1.54) is 26.0 Å². The van der Waals surface area contributed by atoms with Crippen LogP contribution in [0.5, 0.6) is 0 Å². The molecule has 5 aliphatic rings. The van der Waals surface area contributed by atoms with Gasteiger partial charge in [-0.25, -0.2) is 9.59 Å². The van der Waals surface area contributed by atoms with Crippen LogP contribution in [0.4, 0.5) is 0 Å². The molecular formula is C47H53NO14. The third-order valence-electron chi connectivity index (χ3n) is 13.6. The van der Waals surface area contributed by atoms with Gasteiger partial charge in [0.1, 0.15) is 23.9 Å². The highest BCUT2D eigenvalue weighted by molar-refractivity contribution is 5.97. The summed E-state index contributed by atoms with van der Waals surface area (Å²) < 4.78 is 30.4. The molecule has 15 heteroatoms. The Hall–Kier alpha value is -5.48. The summed E-state index contributed by atoms with van der Waals surface area (Å²) in [6.07, 6.45) is -5.55. The average Bonchev–Trinajstić information content (AvgIpc) is 3.20. The van der Waals surface area contributed by atoms with Gasteiger partial charge in [0.05, 0.1) is 35.6 Å². The van der Waals surface area contributed by atoms with Crippen molar-refractivity contribution in [3.05, 3.63) is 93.6 Å². The minimum Gasteiger partial charge on any atom is -0.456 e. The lowest BCUT2D eigenvalue weighted by Crippen LogP contribution is -2.82. The Morgan fingerprint density at radius 1 is 0.887 bits per heavy atom. The van der Waals surface area contributed by atoms with Gasteiger partial charge < -0.3 is 44.3 Å². The minimum atomic E-state index is -2.39. The lowest BCUT2D eigenvalue weighted by atomic mass is 9.44. The van der Waals surface area contributed by atoms with Crippen molar-refractivity contribution in [2.45, 2.75) is 122 Å². The van der Waals surface area contributed by atoms with Crippen LogP contribution in [0.25, 0.3) is 12.2 Å². The SMILES string of the molecule is CC(=O)O[C@H]1C(=O)[C@]2(C)[C@@H](O)C[C@H]3OC[C@@]3(OC(C)=O)[C@@H]2[C@@H]2OC(=O)c3cccc(c3)/C=C\c3cccc(c3)C(=O)N[C@@H](C=C(C)C)[C@@H](O)C(=O)O[C@H]3C[C@@]2(O)C(C)(C)C1=C3C. The van der Waals surface area contributed by atoms with Crippen LogP contribution < -0.4 is 5.32 Å². The van der Waals surface area contributed by atoms with E-state index in [2.05, 4.69) is 5.32 Å². The zero-order valence-electron chi connectivity index (χ0n) is 35.9. The van der Waals surface area contributed by atoms with Gasteiger partial charge in [-0.15, -0.1) is 0 Å². The number of hydrogen-bond donors (Lipinski definition) is 4. The zero-order valence-corrected chi connectivity index (χ0v) is 35.9. The molecule has 2 aromatic carbocycles. The van der Waals surface area contributed by atoms with Gasteiger partial charge >= 0.3 is 23.9 Å². The number of hydrogen-bond acceptors (Lipinski definition) is 14. The third kappa shape index (κ3) is 7.27. The van der Waals surface area contributed by atoms with E-state index in [9.17, 15) is 39.3 Å². The summed E-state index contributed by atoms with van der Waals surface area (Å²) in [5.41, 5.74) is -5.64. The second-order valence-corrected chi connectivity index (χ2v) is 18.1. The summed E-state index contributed by atoms with van der Waals surface area (Å²) in [6, 6.07) is 11.7. The number of carbonyl (C=O) groups is 6. The van der Waals surface area contributed by atoms with Crippen LogP contribution in [0.3, 0.4) is 0 Å². The summed E-state index contributed by atoms with van der Waals surface area (Å²) in [7, 11) is 0. The summed E-state index contributed by atoms with van der Waals surface area (Å²) in [5, 5.41) is 40.2. The second-order valence-electron chi connectivity index (χ2n) is 18.1. The summed E-state index contributed by atoms with van der Waals surface area (Å²) >= 11 is 0. The molecule has 7 bridgehead atoms. The van der Waals surface area contributed by atoms with Gasteiger partial charge in [0, 0.05) is 37.7 Å². The largest absolute Gasteiger partial charge is 0.456 e. The number of fused-ring (bicyclic) bond motifs is 10. The Bertz CT molecular complexity index is 2320. The zero-order chi connectivity index (χ0) is 45.3. The number of aliphatic hydroxyl groups excluding tert-OH is 2. The first-order valence-corrected chi connectivity index (χ1v) is 20.6. The van der Waals surface area contributed by atoms with E-state index in [4.69, 9.17) is 23.7 Å². The van der Waals surface area contributed by atoms with Crippen LogP contribution in [0, 0.1) is 16.7 Å². The highest BCUT2D eigenvalue weighted by Crippen LogP contribution is 2.64. The smallest absolute Gasteiger partial charge is 0.338 e. The highest BCUT2D eigenvalue weighted by atomic mass is 16.6. The molecule has 15 nitrogen and oxygen atoms in total. The monoisotopic (exact) mass is 855 g/mol. The van der Waals surface area contributed by atoms with E-state index in [1.54, 1.807) is 82.3 Å². The van der Waals surface area contributed by atoms with Gasteiger partial charge in [-0.05, 0) is 74.2 Å². The van der Waals surface area contributed by atoms with Gasteiger partial charge in [-0.3, -0.25) is 19.2 Å². The number of rotatable bonds is 3. The fraction of sp³-hybridized carbons (Fsp3) is 0.489. The third-order valence-corrected chi connectivity index (χ3v) is 13.6. The quantitative estimate of drug-likeness (QED) is 0.196. The Labute approximate surface area is 359 Å². The number of aliphatic hydroxyl groups is 3. The van der Waals surface area contributed by atoms with Gasteiger partial charge in [-0.2, -0.15) is 0 Å². The molecule has 62 heavy (non-hydrogen) atoms. The molecule has 7 rings (SSSR count). The van der Waals surface area contributed by atoms with E-state index in [0.29, 0.717) is 16.7 Å². The number of ether oxygens (including phenoxy) is 5. The molecule has 0 aromatic heterocycles. The average molecular weight is 856 g/mol. The topological polar surface area (TPSA) is 221 Å². The predicted molar refractivity (Wildman–Crippen MR) is 221 cm³/mol. The van der Waals surface area contributed by atoms with Crippen molar-refractivity contribution >= 4 is 47.7 Å². The summed E-state index contributed by atoms with van der Waals surface area (Å²) in [4.78, 5) is 84.1. The molecule has 0 spiro atoms. The summed E-state index contributed by atoms with van der Waals surface area (Å²) in [5.74, 6) is -6.86. The molecule has 4 N–H and O–H groups in total. The molecule has 11 atom stereocenters. The van der Waals surface area contributed by atoms with Crippen LogP contribution >= 0.6 is 0 Å². The molecule has 0 unspecified atom stereocenters. The molecule has 2 saturated carbocycles. The maximum Gasteiger partial charge on any atom is 0.338 e. The maximum absolute atomic E-state index is 15.5. The molecule has 0 radical (unpaired) electrons. The fourth-order valence-corrected chi connectivity index (χ4v) is 10.4. The second kappa shape index (κ2) is 16.0. The number of carbonyl (C=O) groups excluding carboxylic acids is 6. The van der Waals surface area contributed by atoms with E-state index >= 15 is 4.79 Å². The fourth-order valence-electron chi connectivity index (χ4n) is 10.4. The van der Waals surface area contributed by atoms with Crippen molar-refractivity contribution in [3.8, 4) is 0 Å². The summed E-state index contributed by atoms with van der Waals surface area (Å²) in [6.45, 7) is 11.4. The van der Waals surface area contributed by atoms with Gasteiger partial charge in [0.2, 0.25) is 0 Å². The molecule has 2 heterocycles. The molecule has 2 aliphatic heterocycles. The van der Waals surface area contributed by atoms with E-state index in [0.717, 1.165) is 13.8 Å². The van der Waals surface area contributed by atoms with Gasteiger partial charge in [-0.1, -0.05) is 61.9 Å². The Morgan fingerprint density at radius 3 is 2.10 bits per heavy atom. The van der Waals surface area contributed by atoms with E-state index in [-0.39, 0.29) is 35.3 Å². The number of benzene rings is 2. The van der Waals surface area contributed by atoms with Crippen molar-refractivity contribution in [1.29, 1.82) is 0 Å². The number of esters is 4. The Kier molecular flexibility index (Phi) is 11.5. The number of amides is 1. The van der Waals surface area contributed by atoms with Crippen LogP contribution in [-0.2, 0) is 42.9 Å². The highest BCUT2D eigenvalue weighted by Gasteiger charge is 2.78. The molecule has 2 aromatic rings. The minimum absolute atomic E-state index is 0.00323. The van der Waals surface area contributed by atoms with Crippen LogP contribution in [0.2, 0.25) is 0 Å². The molecule has 330 valence electrons. The van der Waals surface area contributed by atoms with Crippen LogP contribution in [0.1, 0.15) is 100 Å². The Morgan fingerprint density at radius 2 is 1.52 bits per heavy atom. The maximum atomic E-state index is 15.5. The van der Waals surface area contributed by atoms with Crippen molar-refractivity contribution in [2.75, 3.05) is 6.61 Å². The van der Waals surface area contributed by atoms with E-state index in [1.807, 2.05) is 0 Å². The number of Topliss-reactive ketones (excluding diaryl/α,β-unsaturated/α-hetero) is 1. The first kappa shape index (κ1) is 44.6. The van der Waals surface area contributed by atoms with Gasteiger partial charge in [0.15, 0.2) is 23.6 Å². The molecule has 1 amide bonds. The molecular weight excluding hydrogens is 803 g/mol. The first-order chi connectivity index (χ1) is 29.0. The van der Waals surface area contributed by atoms with Gasteiger partial charge in [0.25, 0.3) is 5.91 Å². The van der Waals surface area contributed by atoms with E-state index < -0.39 is 113 Å². The number of ketones is 1. The standard InChI is InChI=1S/C47H53NO14/c1-23(2)17-31-36(52)43(56)60-32-21-47(57)40(61-42(55)30-14-10-12-28(19-30)16-15-27-11-9-13-29(18-27)41(54)48-31)38-45(8,33(51)20-34-46(38,22-58-34)62-26(5)50)39(53)37(59-25(4)49)35(24(32)3)44(47,6)7/h9-19,31-34,36-38,40,51-52,57H,20-22H2,1-8H3,(H,48,54)/b16-15-/t31-,32-,33-,34+,36+,37+,38+,40-,45+,46-,47-/m0/s1. The predicted octanol–water partition coefficient (Wildman–Crippen LogP) is 3.81. The van der Waals surface area contributed by atoms with Crippen molar-refractivity contribution in [2.24, 2.45) is 16.7 Å². The molecule has 1 saturated heterocycles. The first-order valence-electron chi connectivity index (χ1n) is 20.6. The molecule has 3 aliphatic carbocycles. The van der Waals surface area contributed by atoms with Crippen molar-refractivity contribution in [3.63, 3.8) is 0 Å². The van der Waals surface area contributed by atoms with Crippen LogP contribution in [-0.4, -0.2) is 111 Å². The normalized spacial score (nSPS) is 35.8. The lowest BCUT2D eigenvalue weighted by Gasteiger charge is -2.67. The number of allylic oxidation sites excluding steroid dienone is 1. The van der Waals surface area contributed by atoms with Crippen molar-refractivity contribution < 1.29 is 67.8 Å². The van der Waals surface area contributed by atoms with Crippen LogP contribution in [0.15, 0.2) is 71.3 Å². The Balaban J connectivity index is 1.51.